The van der Waals surface area contributed by atoms with Crippen LogP contribution >= 0.6 is 23.5 Å². The molecule has 1 heterocycles. The van der Waals surface area contributed by atoms with Gasteiger partial charge in [0, 0.05) is 17.1 Å². The third-order valence-corrected chi connectivity index (χ3v) is 7.79. The third kappa shape index (κ3) is 10.7. The van der Waals surface area contributed by atoms with Gasteiger partial charge in [-0.3, -0.25) is 14.4 Å². The van der Waals surface area contributed by atoms with Crippen LogP contribution in [0.5, 0.6) is 0 Å². The predicted molar refractivity (Wildman–Crippen MR) is 162 cm³/mol. The smallest absolute Gasteiger partial charge is 0.326 e. The molecule has 0 saturated heterocycles. The van der Waals surface area contributed by atoms with Crippen molar-refractivity contribution in [2.75, 3.05) is 30.6 Å². The van der Waals surface area contributed by atoms with Crippen LogP contribution in [0, 0.1) is 0 Å². The lowest BCUT2D eigenvalue weighted by atomic mass is 10.0. The number of aliphatic carboxylic acids is 1. The van der Waals surface area contributed by atoms with Crippen LogP contribution < -0.4 is 27.4 Å². The molecule has 2 aromatic rings. The Labute approximate surface area is 243 Å². The van der Waals surface area contributed by atoms with Crippen molar-refractivity contribution in [1.82, 2.24) is 20.9 Å². The van der Waals surface area contributed by atoms with Crippen LogP contribution in [0.4, 0.5) is 0 Å². The van der Waals surface area contributed by atoms with E-state index in [1.807, 2.05) is 43.0 Å². The number of carboxylic acid groups (broad SMARTS) is 1. The van der Waals surface area contributed by atoms with Crippen molar-refractivity contribution in [2.45, 2.75) is 62.7 Å². The minimum Gasteiger partial charge on any atom is -0.480 e. The molecule has 9 N–H and O–H groups in total. The summed E-state index contributed by atoms with van der Waals surface area (Å²) in [6.45, 7) is 0.438. The van der Waals surface area contributed by atoms with Crippen molar-refractivity contribution >= 4 is 58.1 Å². The molecular weight excluding hydrogens is 552 g/mol. The van der Waals surface area contributed by atoms with Gasteiger partial charge < -0.3 is 37.5 Å². The van der Waals surface area contributed by atoms with Gasteiger partial charge in [-0.15, -0.1) is 0 Å². The van der Waals surface area contributed by atoms with Gasteiger partial charge in [-0.2, -0.15) is 23.5 Å². The van der Waals surface area contributed by atoms with Gasteiger partial charge in [0.15, 0.2) is 0 Å². The van der Waals surface area contributed by atoms with Gasteiger partial charge in [-0.1, -0.05) is 18.2 Å². The number of para-hydroxylation sites is 1. The molecule has 13 heteroatoms. The number of carboxylic acids is 1. The molecule has 11 nitrogen and oxygen atoms in total. The summed E-state index contributed by atoms with van der Waals surface area (Å²) < 4.78 is 0. The summed E-state index contributed by atoms with van der Waals surface area (Å²) in [4.78, 5) is 54.2. The average Bonchev–Trinajstić information content (AvgIpc) is 3.34. The summed E-state index contributed by atoms with van der Waals surface area (Å²) in [7, 11) is 0. The number of amides is 3. The van der Waals surface area contributed by atoms with Crippen molar-refractivity contribution in [3.05, 3.63) is 36.0 Å². The molecule has 222 valence electrons. The monoisotopic (exact) mass is 594 g/mol. The van der Waals surface area contributed by atoms with E-state index >= 15 is 0 Å². The second kappa shape index (κ2) is 17.8. The number of carbonyl (C=O) groups is 4. The largest absolute Gasteiger partial charge is 0.480 e. The Kier molecular flexibility index (Phi) is 14.9. The van der Waals surface area contributed by atoms with Crippen LogP contribution in [0.25, 0.3) is 10.9 Å². The normalized spacial score (nSPS) is 14.2. The fraction of sp³-hybridized carbons (Fsp3) is 0.556. The molecule has 0 fully saturated rings. The van der Waals surface area contributed by atoms with Crippen molar-refractivity contribution < 1.29 is 24.3 Å². The van der Waals surface area contributed by atoms with Crippen LogP contribution in [-0.4, -0.2) is 88.5 Å². The Bertz CT molecular complexity index is 1110. The SMILES string of the molecule is CSCCC(NC(=O)C(CCSC)NC(=O)C(CCCCN)NC(=O)C(N)Cc1c[nH]c2ccccc12)C(=O)O. The van der Waals surface area contributed by atoms with Gasteiger partial charge in [-0.25, -0.2) is 4.79 Å². The maximum atomic E-state index is 13.3. The summed E-state index contributed by atoms with van der Waals surface area (Å²) in [5.41, 5.74) is 13.7. The molecular formula is C27H42N6O5S2. The lowest BCUT2D eigenvalue weighted by molar-refractivity contribution is -0.142. The first-order valence-electron chi connectivity index (χ1n) is 13.3. The zero-order chi connectivity index (χ0) is 29.5. The highest BCUT2D eigenvalue weighted by Gasteiger charge is 2.30. The number of carbonyl (C=O) groups excluding carboxylic acids is 3. The van der Waals surface area contributed by atoms with Crippen LogP contribution in [0.3, 0.4) is 0 Å². The lowest BCUT2D eigenvalue weighted by Crippen LogP contribution is -2.57. The number of hydrogen-bond acceptors (Lipinski definition) is 8. The minimum absolute atomic E-state index is 0.261. The molecule has 4 atom stereocenters. The quantitative estimate of drug-likeness (QED) is 0.117. The fourth-order valence-electron chi connectivity index (χ4n) is 4.21. The average molecular weight is 595 g/mol. The van der Waals surface area contributed by atoms with Gasteiger partial charge in [0.2, 0.25) is 17.7 Å². The molecule has 4 unspecified atom stereocenters. The number of thioether (sulfide) groups is 2. The summed E-state index contributed by atoms with van der Waals surface area (Å²) in [5.74, 6) is -1.58. The van der Waals surface area contributed by atoms with E-state index in [4.69, 9.17) is 11.5 Å². The molecule has 0 bridgehead atoms. The predicted octanol–water partition coefficient (Wildman–Crippen LogP) is 1.21. The molecule has 0 radical (unpaired) electrons. The maximum Gasteiger partial charge on any atom is 0.326 e. The van der Waals surface area contributed by atoms with Crippen molar-refractivity contribution in [3.8, 4) is 0 Å². The van der Waals surface area contributed by atoms with Crippen molar-refractivity contribution in [2.24, 2.45) is 11.5 Å². The van der Waals surface area contributed by atoms with Crippen molar-refractivity contribution in [1.29, 1.82) is 0 Å². The van der Waals surface area contributed by atoms with Gasteiger partial charge in [-0.05, 0) is 80.7 Å². The van der Waals surface area contributed by atoms with Gasteiger partial charge in [0.05, 0.1) is 6.04 Å². The Morgan fingerprint density at radius 1 is 0.875 bits per heavy atom. The molecule has 40 heavy (non-hydrogen) atoms. The summed E-state index contributed by atoms with van der Waals surface area (Å²) in [6, 6.07) is 3.88. The van der Waals surface area contributed by atoms with E-state index in [1.165, 1.54) is 23.5 Å². The van der Waals surface area contributed by atoms with Gasteiger partial charge in [0.1, 0.15) is 18.1 Å². The van der Waals surface area contributed by atoms with E-state index in [9.17, 15) is 24.3 Å². The summed E-state index contributed by atoms with van der Waals surface area (Å²) in [5, 5.41) is 18.5. The fourth-order valence-corrected chi connectivity index (χ4v) is 5.16. The van der Waals surface area contributed by atoms with Crippen LogP contribution in [0.1, 0.15) is 37.7 Å². The molecule has 2 rings (SSSR count). The number of fused-ring (bicyclic) bond motifs is 1. The number of nitrogens with two attached hydrogens (primary N) is 2. The van der Waals surface area contributed by atoms with E-state index in [-0.39, 0.29) is 12.8 Å². The Morgan fingerprint density at radius 3 is 2.08 bits per heavy atom. The third-order valence-electron chi connectivity index (χ3n) is 6.50. The van der Waals surface area contributed by atoms with E-state index in [0.717, 1.165) is 16.5 Å². The number of nitrogens with one attached hydrogen (secondary N) is 4. The first-order valence-corrected chi connectivity index (χ1v) is 16.1. The number of aromatic nitrogens is 1. The number of unbranched alkanes of at least 4 members (excludes halogenated alkanes) is 1. The zero-order valence-corrected chi connectivity index (χ0v) is 24.7. The molecule has 0 saturated carbocycles. The highest BCUT2D eigenvalue weighted by Crippen LogP contribution is 2.19. The van der Waals surface area contributed by atoms with Crippen molar-refractivity contribution in [3.63, 3.8) is 0 Å². The second-order valence-electron chi connectivity index (χ2n) is 9.54. The molecule has 0 aliphatic rings. The Balaban J connectivity index is 2.11. The van der Waals surface area contributed by atoms with E-state index in [0.29, 0.717) is 43.7 Å². The number of rotatable bonds is 19. The molecule has 0 spiro atoms. The van der Waals surface area contributed by atoms with Crippen LogP contribution in [0.2, 0.25) is 0 Å². The minimum atomic E-state index is -1.13. The Hall–Kier alpha value is -2.74. The number of hydrogen-bond donors (Lipinski definition) is 7. The number of H-pyrrole nitrogens is 1. The van der Waals surface area contributed by atoms with Gasteiger partial charge >= 0.3 is 5.97 Å². The topological polar surface area (TPSA) is 192 Å². The first-order chi connectivity index (χ1) is 19.2. The standard InChI is InChI=1S/C27H42N6O5S2/c1-39-13-10-22(26(36)33-23(27(37)38)11-14-40-2)32-25(35)21(9-5-6-12-28)31-24(34)19(29)15-17-16-30-20-8-4-3-7-18(17)20/h3-4,7-8,16,19,21-23,30H,5-6,9-15,28-29H2,1-2H3,(H,31,34)(H,32,35)(H,33,36)(H,37,38). The number of benzene rings is 1. The summed E-state index contributed by atoms with van der Waals surface area (Å²) in [6.07, 6.45) is 7.96. The molecule has 1 aromatic carbocycles. The van der Waals surface area contributed by atoms with Crippen LogP contribution in [-0.2, 0) is 25.6 Å². The number of aromatic amines is 1. The zero-order valence-electron chi connectivity index (χ0n) is 23.1. The van der Waals surface area contributed by atoms with E-state index in [1.54, 1.807) is 0 Å². The second-order valence-corrected chi connectivity index (χ2v) is 11.5. The first kappa shape index (κ1) is 33.5. The van der Waals surface area contributed by atoms with Crippen LogP contribution in [0.15, 0.2) is 30.5 Å². The lowest BCUT2D eigenvalue weighted by Gasteiger charge is -2.25. The highest BCUT2D eigenvalue weighted by molar-refractivity contribution is 7.98. The summed E-state index contributed by atoms with van der Waals surface area (Å²) >= 11 is 2.98. The molecule has 3 amide bonds. The molecule has 0 aliphatic carbocycles. The maximum absolute atomic E-state index is 13.3. The molecule has 0 aliphatic heterocycles. The van der Waals surface area contributed by atoms with E-state index in [2.05, 4.69) is 20.9 Å². The van der Waals surface area contributed by atoms with E-state index < -0.39 is 47.9 Å². The highest BCUT2D eigenvalue weighted by atomic mass is 32.2. The van der Waals surface area contributed by atoms with Gasteiger partial charge in [0.25, 0.3) is 0 Å². The molecule has 1 aromatic heterocycles. The Morgan fingerprint density at radius 2 is 1.45 bits per heavy atom.